The quantitative estimate of drug-likeness (QED) is 0.925. The lowest BCUT2D eigenvalue weighted by Gasteiger charge is -2.39. The molecule has 0 aromatic heterocycles. The van der Waals surface area contributed by atoms with Crippen molar-refractivity contribution in [3.8, 4) is 0 Å². The summed E-state index contributed by atoms with van der Waals surface area (Å²) in [5.74, 6) is 0. The smallest absolute Gasteiger partial charge is 0.0476 e. The monoisotopic (exact) mass is 300 g/mol. The molecule has 3 heteroatoms. The molecule has 0 spiro atoms. The Labute approximate surface area is 131 Å². The van der Waals surface area contributed by atoms with Crippen LogP contribution < -0.4 is 5.32 Å². The Morgan fingerprint density at radius 2 is 1.81 bits per heavy atom. The molecule has 2 unspecified atom stereocenters. The molecule has 2 aromatic carbocycles. The van der Waals surface area contributed by atoms with Crippen LogP contribution in [0.3, 0.4) is 0 Å². The van der Waals surface area contributed by atoms with Crippen molar-refractivity contribution in [2.45, 2.75) is 25.6 Å². The molecule has 1 heterocycles. The first-order chi connectivity index (χ1) is 10.2. The summed E-state index contributed by atoms with van der Waals surface area (Å²) in [6, 6.07) is 19.9. The van der Waals surface area contributed by atoms with Crippen LogP contribution in [0.15, 0.2) is 54.6 Å². The standard InChI is InChI=1S/C18H21ClN2/c1-14-12-21(13-15-7-9-17(19)10-8-15)18(11-20-14)16-5-3-2-4-6-16/h2-10,14,18,20H,11-13H2,1H3. The molecule has 0 amide bonds. The van der Waals surface area contributed by atoms with E-state index in [1.165, 1.54) is 11.1 Å². The van der Waals surface area contributed by atoms with E-state index in [9.17, 15) is 0 Å². The fourth-order valence-corrected chi connectivity index (χ4v) is 3.11. The normalized spacial score (nSPS) is 23.1. The third-order valence-electron chi connectivity index (χ3n) is 4.09. The molecule has 0 bridgehead atoms. The number of benzene rings is 2. The number of rotatable bonds is 3. The average Bonchev–Trinajstić information content (AvgIpc) is 2.51. The molecule has 3 rings (SSSR count). The highest BCUT2D eigenvalue weighted by atomic mass is 35.5. The van der Waals surface area contributed by atoms with Crippen LogP contribution in [0.25, 0.3) is 0 Å². The van der Waals surface area contributed by atoms with Gasteiger partial charge in [-0.3, -0.25) is 4.90 Å². The van der Waals surface area contributed by atoms with Gasteiger partial charge in [0.05, 0.1) is 0 Å². The highest BCUT2D eigenvalue weighted by Gasteiger charge is 2.26. The summed E-state index contributed by atoms with van der Waals surface area (Å²) >= 11 is 5.98. The molecule has 0 aliphatic carbocycles. The molecule has 1 aliphatic heterocycles. The predicted octanol–water partition coefficient (Wildman–Crippen LogP) is 3.88. The van der Waals surface area contributed by atoms with Crippen LogP contribution in [0.1, 0.15) is 24.1 Å². The van der Waals surface area contributed by atoms with Crippen LogP contribution in [0.2, 0.25) is 5.02 Å². The van der Waals surface area contributed by atoms with Gasteiger partial charge < -0.3 is 5.32 Å². The Kier molecular flexibility index (Phi) is 4.59. The maximum Gasteiger partial charge on any atom is 0.0476 e. The number of nitrogens with zero attached hydrogens (tertiary/aromatic N) is 1. The molecule has 1 aliphatic rings. The van der Waals surface area contributed by atoms with Crippen LogP contribution in [0.4, 0.5) is 0 Å². The van der Waals surface area contributed by atoms with Crippen molar-refractivity contribution >= 4 is 11.6 Å². The minimum Gasteiger partial charge on any atom is -0.311 e. The van der Waals surface area contributed by atoms with Gasteiger partial charge in [-0.2, -0.15) is 0 Å². The first kappa shape index (κ1) is 14.6. The first-order valence-corrected chi connectivity index (χ1v) is 7.87. The fraction of sp³-hybridized carbons (Fsp3) is 0.333. The van der Waals surface area contributed by atoms with E-state index in [2.05, 4.69) is 59.6 Å². The molecule has 1 N–H and O–H groups in total. The van der Waals surface area contributed by atoms with E-state index in [-0.39, 0.29) is 0 Å². The van der Waals surface area contributed by atoms with Crippen LogP contribution in [0, 0.1) is 0 Å². The van der Waals surface area contributed by atoms with E-state index < -0.39 is 0 Å². The third-order valence-corrected chi connectivity index (χ3v) is 4.34. The molecule has 110 valence electrons. The van der Waals surface area contributed by atoms with Gasteiger partial charge >= 0.3 is 0 Å². The summed E-state index contributed by atoms with van der Waals surface area (Å²) in [6.07, 6.45) is 0. The van der Waals surface area contributed by atoms with Gasteiger partial charge in [0.2, 0.25) is 0 Å². The molecule has 0 radical (unpaired) electrons. The van der Waals surface area contributed by atoms with E-state index in [0.717, 1.165) is 24.7 Å². The van der Waals surface area contributed by atoms with Gasteiger partial charge in [-0.1, -0.05) is 54.1 Å². The topological polar surface area (TPSA) is 15.3 Å². The summed E-state index contributed by atoms with van der Waals surface area (Å²) in [4.78, 5) is 2.56. The van der Waals surface area contributed by atoms with Gasteiger partial charge in [0.15, 0.2) is 0 Å². The van der Waals surface area contributed by atoms with Crippen molar-refractivity contribution < 1.29 is 0 Å². The largest absolute Gasteiger partial charge is 0.311 e. The van der Waals surface area contributed by atoms with Crippen molar-refractivity contribution in [3.05, 3.63) is 70.7 Å². The molecule has 21 heavy (non-hydrogen) atoms. The molecule has 2 atom stereocenters. The summed E-state index contributed by atoms with van der Waals surface area (Å²) < 4.78 is 0. The number of nitrogens with one attached hydrogen (secondary N) is 1. The van der Waals surface area contributed by atoms with Gasteiger partial charge in [-0.25, -0.2) is 0 Å². The van der Waals surface area contributed by atoms with Gasteiger partial charge in [-0.15, -0.1) is 0 Å². The van der Waals surface area contributed by atoms with Crippen molar-refractivity contribution in [1.82, 2.24) is 10.2 Å². The van der Waals surface area contributed by atoms with Crippen LogP contribution in [-0.2, 0) is 6.54 Å². The predicted molar refractivity (Wildman–Crippen MR) is 88.5 cm³/mol. The Bertz CT molecular complexity index is 568. The highest BCUT2D eigenvalue weighted by molar-refractivity contribution is 6.30. The SMILES string of the molecule is CC1CN(Cc2ccc(Cl)cc2)C(c2ccccc2)CN1. The summed E-state index contributed by atoms with van der Waals surface area (Å²) in [6.45, 7) is 5.26. The first-order valence-electron chi connectivity index (χ1n) is 7.49. The van der Waals surface area contributed by atoms with Gasteiger partial charge in [0.1, 0.15) is 0 Å². The van der Waals surface area contributed by atoms with Crippen LogP contribution in [-0.4, -0.2) is 24.0 Å². The zero-order valence-electron chi connectivity index (χ0n) is 12.3. The van der Waals surface area contributed by atoms with Crippen molar-refractivity contribution in [1.29, 1.82) is 0 Å². The van der Waals surface area contributed by atoms with Crippen molar-refractivity contribution in [2.75, 3.05) is 13.1 Å². The van der Waals surface area contributed by atoms with Gasteiger partial charge in [-0.05, 0) is 30.2 Å². The molecule has 1 fully saturated rings. The second-order valence-electron chi connectivity index (χ2n) is 5.79. The van der Waals surface area contributed by atoms with Gasteiger partial charge in [0.25, 0.3) is 0 Å². The second kappa shape index (κ2) is 6.61. The van der Waals surface area contributed by atoms with E-state index >= 15 is 0 Å². The Morgan fingerprint density at radius 3 is 2.52 bits per heavy atom. The Hall–Kier alpha value is -1.35. The Morgan fingerprint density at radius 1 is 1.10 bits per heavy atom. The molecule has 2 nitrogen and oxygen atoms in total. The van der Waals surface area contributed by atoms with E-state index in [4.69, 9.17) is 11.6 Å². The zero-order valence-corrected chi connectivity index (χ0v) is 13.1. The minimum absolute atomic E-state index is 0.429. The minimum atomic E-state index is 0.429. The number of piperazine rings is 1. The lowest BCUT2D eigenvalue weighted by atomic mass is 10.0. The molecule has 2 aromatic rings. The molecular formula is C18H21ClN2. The zero-order chi connectivity index (χ0) is 14.7. The van der Waals surface area contributed by atoms with Crippen LogP contribution in [0.5, 0.6) is 0 Å². The van der Waals surface area contributed by atoms with E-state index in [1.54, 1.807) is 0 Å². The van der Waals surface area contributed by atoms with Crippen molar-refractivity contribution in [3.63, 3.8) is 0 Å². The lowest BCUT2D eigenvalue weighted by Crippen LogP contribution is -2.50. The fourth-order valence-electron chi connectivity index (χ4n) is 2.99. The maximum atomic E-state index is 5.98. The molecular weight excluding hydrogens is 280 g/mol. The summed E-state index contributed by atoms with van der Waals surface area (Å²) in [7, 11) is 0. The van der Waals surface area contributed by atoms with Crippen LogP contribution >= 0.6 is 11.6 Å². The summed E-state index contributed by atoms with van der Waals surface area (Å²) in [5.41, 5.74) is 2.69. The van der Waals surface area contributed by atoms with E-state index in [1.807, 2.05) is 12.1 Å². The third kappa shape index (κ3) is 3.65. The maximum absolute atomic E-state index is 5.98. The number of hydrogen-bond acceptors (Lipinski definition) is 2. The highest BCUT2D eigenvalue weighted by Crippen LogP contribution is 2.25. The average molecular weight is 301 g/mol. The summed E-state index contributed by atoms with van der Waals surface area (Å²) in [5, 5.41) is 4.39. The van der Waals surface area contributed by atoms with Gasteiger partial charge in [0, 0.05) is 36.7 Å². The number of hydrogen-bond donors (Lipinski definition) is 1. The Balaban J connectivity index is 1.80. The lowest BCUT2D eigenvalue weighted by molar-refractivity contribution is 0.127. The molecule has 0 saturated carbocycles. The van der Waals surface area contributed by atoms with Crippen molar-refractivity contribution in [2.24, 2.45) is 0 Å². The molecule has 1 saturated heterocycles. The van der Waals surface area contributed by atoms with E-state index in [0.29, 0.717) is 12.1 Å². The second-order valence-corrected chi connectivity index (χ2v) is 6.23. The number of halogens is 1.